The van der Waals surface area contributed by atoms with Crippen LogP contribution in [0.1, 0.15) is 11.3 Å². The Labute approximate surface area is 85.3 Å². The van der Waals surface area contributed by atoms with Gasteiger partial charge < -0.3 is 5.11 Å². The Morgan fingerprint density at radius 3 is 2.93 bits per heavy atom. The molecule has 1 N–H and O–H groups in total. The van der Waals surface area contributed by atoms with Gasteiger partial charge >= 0.3 is 5.97 Å². The van der Waals surface area contributed by atoms with Crippen LogP contribution in [0.2, 0.25) is 0 Å². The van der Waals surface area contributed by atoms with Crippen LogP contribution in [0.5, 0.6) is 0 Å². The van der Waals surface area contributed by atoms with Crippen LogP contribution >= 0.6 is 11.8 Å². The van der Waals surface area contributed by atoms with E-state index in [0.29, 0.717) is 16.3 Å². The van der Waals surface area contributed by atoms with E-state index < -0.39 is 5.97 Å². The molecule has 1 heterocycles. The molecule has 0 aromatic carbocycles. The number of hydrogen-bond donors (Lipinski definition) is 1. The molecule has 0 atom stereocenters. The Kier molecular flexibility index (Phi) is 3.14. The Balaban J connectivity index is 2.96. The lowest BCUT2D eigenvalue weighted by molar-refractivity contribution is -0.133. The highest BCUT2D eigenvalue weighted by Gasteiger charge is 2.14. The van der Waals surface area contributed by atoms with Gasteiger partial charge in [-0.25, -0.2) is 0 Å². The molecule has 0 saturated carbocycles. The summed E-state index contributed by atoms with van der Waals surface area (Å²) in [5.41, 5.74) is 1.08. The van der Waals surface area contributed by atoms with Crippen LogP contribution < -0.4 is 0 Å². The molecule has 1 aromatic heterocycles. The molecule has 0 fully saturated rings. The maximum atomic E-state index is 10.4. The number of nitriles is 1. The summed E-state index contributed by atoms with van der Waals surface area (Å²) in [5, 5.41) is 22.0. The lowest BCUT2D eigenvalue weighted by Gasteiger charge is -1.98. The number of aryl methyl sites for hydroxylation is 2. The molecule has 0 bridgehead atoms. The van der Waals surface area contributed by atoms with Crippen molar-refractivity contribution in [1.82, 2.24) is 9.78 Å². The molecule has 0 amide bonds. The number of thioether (sulfide) groups is 1. The van der Waals surface area contributed by atoms with Crippen LogP contribution in [0.3, 0.4) is 0 Å². The van der Waals surface area contributed by atoms with E-state index in [1.54, 1.807) is 14.0 Å². The van der Waals surface area contributed by atoms with Crippen LogP contribution in [0.25, 0.3) is 0 Å². The summed E-state index contributed by atoms with van der Waals surface area (Å²) in [4.78, 5) is 10.4. The highest BCUT2D eigenvalue weighted by molar-refractivity contribution is 7.99. The summed E-state index contributed by atoms with van der Waals surface area (Å²) in [7, 11) is 1.69. The summed E-state index contributed by atoms with van der Waals surface area (Å²) < 4.78 is 1.53. The van der Waals surface area contributed by atoms with Gasteiger partial charge in [0, 0.05) is 7.05 Å². The first-order chi connectivity index (χ1) is 6.56. The fourth-order valence-electron chi connectivity index (χ4n) is 1.06. The lowest BCUT2D eigenvalue weighted by Crippen LogP contribution is -2.00. The van der Waals surface area contributed by atoms with Gasteiger partial charge in [0.1, 0.15) is 16.7 Å². The summed E-state index contributed by atoms with van der Waals surface area (Å²) in [6.45, 7) is 1.73. The minimum absolute atomic E-state index is 0.0619. The number of carboxylic acid groups (broad SMARTS) is 1. The van der Waals surface area contributed by atoms with Crippen LogP contribution in [0.15, 0.2) is 5.03 Å². The van der Waals surface area contributed by atoms with Crippen LogP contribution in [0.4, 0.5) is 0 Å². The third-order valence-electron chi connectivity index (χ3n) is 1.61. The fourth-order valence-corrected chi connectivity index (χ4v) is 1.89. The number of nitrogens with zero attached hydrogens (tertiary/aromatic N) is 3. The van der Waals surface area contributed by atoms with Crippen LogP contribution in [-0.4, -0.2) is 26.6 Å². The van der Waals surface area contributed by atoms with E-state index in [-0.39, 0.29) is 5.75 Å². The molecule has 0 saturated heterocycles. The highest BCUT2D eigenvalue weighted by atomic mass is 32.2. The van der Waals surface area contributed by atoms with Gasteiger partial charge in [-0.05, 0) is 6.92 Å². The quantitative estimate of drug-likeness (QED) is 0.747. The van der Waals surface area contributed by atoms with Gasteiger partial charge in [0.25, 0.3) is 0 Å². The monoisotopic (exact) mass is 211 g/mol. The molecule has 0 aliphatic rings. The highest BCUT2D eigenvalue weighted by Crippen LogP contribution is 2.23. The minimum atomic E-state index is -0.905. The normalized spacial score (nSPS) is 9.79. The van der Waals surface area contributed by atoms with Gasteiger partial charge in [0.05, 0.1) is 11.4 Å². The summed E-state index contributed by atoms with van der Waals surface area (Å²) >= 11 is 1.11. The molecule has 1 aromatic rings. The van der Waals surface area contributed by atoms with E-state index >= 15 is 0 Å². The Morgan fingerprint density at radius 1 is 1.79 bits per heavy atom. The molecule has 0 aliphatic heterocycles. The molecular weight excluding hydrogens is 202 g/mol. The maximum absolute atomic E-state index is 10.4. The summed E-state index contributed by atoms with van der Waals surface area (Å²) in [5.74, 6) is -0.967. The molecular formula is C8H9N3O2S. The SMILES string of the molecule is Cc1nn(C)c(SCC(=O)O)c1C#N. The molecule has 74 valence electrons. The van der Waals surface area contributed by atoms with Crippen molar-refractivity contribution in [1.29, 1.82) is 5.26 Å². The van der Waals surface area contributed by atoms with Gasteiger partial charge in [-0.15, -0.1) is 0 Å². The van der Waals surface area contributed by atoms with Gasteiger partial charge in [-0.1, -0.05) is 11.8 Å². The van der Waals surface area contributed by atoms with Crippen molar-refractivity contribution >= 4 is 17.7 Å². The number of aliphatic carboxylic acids is 1. The third-order valence-corrected chi connectivity index (χ3v) is 2.75. The molecule has 5 nitrogen and oxygen atoms in total. The van der Waals surface area contributed by atoms with Gasteiger partial charge in [0.15, 0.2) is 0 Å². The zero-order chi connectivity index (χ0) is 10.7. The number of carboxylic acids is 1. The summed E-state index contributed by atoms with van der Waals surface area (Å²) in [6.07, 6.45) is 0. The molecule has 6 heteroatoms. The van der Waals surface area contributed by atoms with Crippen molar-refractivity contribution in [3.8, 4) is 6.07 Å². The number of rotatable bonds is 3. The van der Waals surface area contributed by atoms with Crippen molar-refractivity contribution < 1.29 is 9.90 Å². The average molecular weight is 211 g/mol. The van der Waals surface area contributed by atoms with E-state index in [4.69, 9.17) is 10.4 Å². The first kappa shape index (κ1) is 10.6. The number of carbonyl (C=O) groups is 1. The Bertz CT molecular complexity index is 405. The molecule has 0 unspecified atom stereocenters. The third kappa shape index (κ3) is 2.06. The first-order valence-corrected chi connectivity index (χ1v) is 4.83. The second-order valence-electron chi connectivity index (χ2n) is 2.68. The van der Waals surface area contributed by atoms with Crippen molar-refractivity contribution in [2.45, 2.75) is 11.9 Å². The predicted octanol–water partition coefficient (Wildman–Crippen LogP) is 0.777. The standard InChI is InChI=1S/C8H9N3O2S/c1-5-6(3-9)8(11(2)10-5)14-4-7(12)13/h4H2,1-2H3,(H,12,13). The van der Waals surface area contributed by atoms with Crippen molar-refractivity contribution in [2.75, 3.05) is 5.75 Å². The predicted molar refractivity (Wildman–Crippen MR) is 51.0 cm³/mol. The molecule has 14 heavy (non-hydrogen) atoms. The second-order valence-corrected chi connectivity index (χ2v) is 3.65. The molecule has 1 rings (SSSR count). The van der Waals surface area contributed by atoms with Crippen molar-refractivity contribution in [2.24, 2.45) is 7.05 Å². The number of hydrogen-bond acceptors (Lipinski definition) is 4. The van der Waals surface area contributed by atoms with E-state index in [1.165, 1.54) is 4.68 Å². The van der Waals surface area contributed by atoms with E-state index in [0.717, 1.165) is 11.8 Å². The fraction of sp³-hybridized carbons (Fsp3) is 0.375. The van der Waals surface area contributed by atoms with Crippen LogP contribution in [-0.2, 0) is 11.8 Å². The maximum Gasteiger partial charge on any atom is 0.313 e. The summed E-state index contributed by atoms with van der Waals surface area (Å²) in [6, 6.07) is 2.01. The van der Waals surface area contributed by atoms with Crippen molar-refractivity contribution in [3.63, 3.8) is 0 Å². The second kappa shape index (κ2) is 4.15. The first-order valence-electron chi connectivity index (χ1n) is 3.84. The van der Waals surface area contributed by atoms with E-state index in [1.807, 2.05) is 6.07 Å². The minimum Gasteiger partial charge on any atom is -0.481 e. The van der Waals surface area contributed by atoms with Crippen LogP contribution in [0, 0.1) is 18.3 Å². The average Bonchev–Trinajstić information content (AvgIpc) is 2.36. The molecule has 0 spiro atoms. The van der Waals surface area contributed by atoms with Gasteiger partial charge in [0.2, 0.25) is 0 Å². The zero-order valence-electron chi connectivity index (χ0n) is 7.81. The van der Waals surface area contributed by atoms with Crippen molar-refractivity contribution in [3.05, 3.63) is 11.3 Å². The largest absolute Gasteiger partial charge is 0.481 e. The Morgan fingerprint density at radius 2 is 2.43 bits per heavy atom. The number of aromatic nitrogens is 2. The van der Waals surface area contributed by atoms with E-state index in [9.17, 15) is 4.79 Å². The molecule has 0 aliphatic carbocycles. The van der Waals surface area contributed by atoms with E-state index in [2.05, 4.69) is 5.10 Å². The van der Waals surface area contributed by atoms with Gasteiger partial charge in [-0.2, -0.15) is 10.4 Å². The zero-order valence-corrected chi connectivity index (χ0v) is 8.63. The lowest BCUT2D eigenvalue weighted by atomic mass is 10.3. The topological polar surface area (TPSA) is 78.9 Å². The van der Waals surface area contributed by atoms with Gasteiger partial charge in [-0.3, -0.25) is 9.48 Å². The smallest absolute Gasteiger partial charge is 0.313 e. The Hall–Kier alpha value is -1.48. The molecule has 0 radical (unpaired) electrons.